The highest BCUT2D eigenvalue weighted by molar-refractivity contribution is 9.10. The number of halogens is 2. The van der Waals surface area contributed by atoms with Crippen molar-refractivity contribution in [3.05, 3.63) is 49.2 Å². The monoisotopic (exact) mass is 359 g/mol. The summed E-state index contributed by atoms with van der Waals surface area (Å²) in [5.41, 5.74) is 1.60. The number of rotatable bonds is 4. The predicted octanol–water partition coefficient (Wildman–Crippen LogP) is 3.63. The zero-order valence-corrected chi connectivity index (χ0v) is 13.1. The smallest absolute Gasteiger partial charge is 0.273 e. The zero-order valence-electron chi connectivity index (χ0n) is 10.8. The maximum absolute atomic E-state index is 10.7. The molecule has 0 radical (unpaired) electrons. The highest BCUT2D eigenvalue weighted by atomic mass is 79.9. The molecular weight excluding hydrogens is 350 g/mol. The molecule has 20 heavy (non-hydrogen) atoms. The highest BCUT2D eigenvalue weighted by Gasteiger charge is 2.14. The van der Waals surface area contributed by atoms with Crippen LogP contribution in [0.25, 0.3) is 0 Å². The number of non-ortho nitro benzene ring substituents is 1. The lowest BCUT2D eigenvalue weighted by molar-refractivity contribution is -0.384. The Morgan fingerprint density at radius 3 is 2.80 bits per heavy atom. The lowest BCUT2D eigenvalue weighted by Gasteiger charge is -2.08. The fraction of sp³-hybridized carbons (Fsp3) is 0.250. The molecule has 0 saturated heterocycles. The van der Waals surface area contributed by atoms with Crippen molar-refractivity contribution in [2.24, 2.45) is 7.05 Å². The van der Waals surface area contributed by atoms with Crippen molar-refractivity contribution in [3.8, 4) is 5.75 Å². The number of hydrogen-bond acceptors (Lipinski definition) is 4. The van der Waals surface area contributed by atoms with Crippen molar-refractivity contribution in [3.63, 3.8) is 0 Å². The van der Waals surface area contributed by atoms with Crippen LogP contribution < -0.4 is 4.74 Å². The minimum absolute atomic E-state index is 0.0651. The first-order valence-corrected chi connectivity index (χ1v) is 6.82. The summed E-state index contributed by atoms with van der Waals surface area (Å²) in [6.45, 7) is 2.08. The fourth-order valence-corrected chi connectivity index (χ4v) is 2.32. The van der Waals surface area contributed by atoms with E-state index >= 15 is 0 Å². The van der Waals surface area contributed by atoms with Gasteiger partial charge in [0.2, 0.25) is 0 Å². The van der Waals surface area contributed by atoms with Crippen LogP contribution in [0.2, 0.25) is 5.02 Å². The fourth-order valence-electron chi connectivity index (χ4n) is 1.70. The first-order valence-electron chi connectivity index (χ1n) is 5.65. The molecule has 1 heterocycles. The van der Waals surface area contributed by atoms with Crippen LogP contribution in [0.5, 0.6) is 5.75 Å². The summed E-state index contributed by atoms with van der Waals surface area (Å²) in [4.78, 5) is 10.2. The van der Waals surface area contributed by atoms with E-state index in [9.17, 15) is 10.1 Å². The molecule has 0 spiro atoms. The molecule has 106 valence electrons. The minimum atomic E-state index is -0.493. The largest absolute Gasteiger partial charge is 0.485 e. The molecule has 0 aliphatic heterocycles. The molecule has 0 aliphatic carbocycles. The lowest BCUT2D eigenvalue weighted by atomic mass is 10.3. The van der Waals surface area contributed by atoms with Gasteiger partial charge in [0.1, 0.15) is 12.4 Å². The third kappa shape index (κ3) is 2.94. The average Bonchev–Trinajstić information content (AvgIpc) is 2.63. The third-order valence-electron chi connectivity index (χ3n) is 2.75. The number of benzene rings is 1. The molecular formula is C12H11BrClN3O3. The summed E-state index contributed by atoms with van der Waals surface area (Å²) in [5, 5.41) is 15.3. The van der Waals surface area contributed by atoms with Gasteiger partial charge in [-0.2, -0.15) is 5.10 Å². The molecule has 0 bridgehead atoms. The molecule has 0 unspecified atom stereocenters. The second-order valence-corrected chi connectivity index (χ2v) is 5.33. The van der Waals surface area contributed by atoms with Gasteiger partial charge in [-0.15, -0.1) is 0 Å². The van der Waals surface area contributed by atoms with Crippen LogP contribution in [-0.4, -0.2) is 14.7 Å². The van der Waals surface area contributed by atoms with Crippen LogP contribution in [0.1, 0.15) is 11.4 Å². The summed E-state index contributed by atoms with van der Waals surface area (Å²) >= 11 is 9.40. The van der Waals surface area contributed by atoms with E-state index in [2.05, 4.69) is 21.0 Å². The molecule has 8 heteroatoms. The van der Waals surface area contributed by atoms with Crippen molar-refractivity contribution in [1.29, 1.82) is 0 Å². The van der Waals surface area contributed by atoms with Crippen LogP contribution in [0, 0.1) is 17.0 Å². The predicted molar refractivity (Wildman–Crippen MR) is 78.1 cm³/mol. The van der Waals surface area contributed by atoms with Crippen LogP contribution in [-0.2, 0) is 13.7 Å². The summed E-state index contributed by atoms with van der Waals surface area (Å²) in [6, 6.07) is 4.08. The number of aryl methyl sites for hydroxylation is 2. The molecule has 0 aliphatic rings. The van der Waals surface area contributed by atoms with Gasteiger partial charge < -0.3 is 4.74 Å². The SMILES string of the molecule is Cc1nn(C)c(COc2cc([N+](=O)[O-])ccc2Cl)c1Br. The van der Waals surface area contributed by atoms with E-state index in [0.29, 0.717) is 5.02 Å². The number of nitro groups is 1. The van der Waals surface area contributed by atoms with Crippen LogP contribution >= 0.6 is 27.5 Å². The number of aromatic nitrogens is 2. The molecule has 0 atom stereocenters. The topological polar surface area (TPSA) is 70.2 Å². The van der Waals surface area contributed by atoms with Gasteiger partial charge in [0.05, 0.1) is 31.9 Å². The Morgan fingerprint density at radius 1 is 1.55 bits per heavy atom. The van der Waals surface area contributed by atoms with Gasteiger partial charge in [0.25, 0.3) is 5.69 Å². The molecule has 0 fully saturated rings. The first kappa shape index (κ1) is 14.8. The summed E-state index contributed by atoms with van der Waals surface area (Å²) < 4.78 is 8.10. The van der Waals surface area contributed by atoms with E-state index in [1.54, 1.807) is 11.7 Å². The molecule has 1 aromatic heterocycles. The van der Waals surface area contributed by atoms with E-state index in [0.717, 1.165) is 15.9 Å². The van der Waals surface area contributed by atoms with Gasteiger partial charge in [-0.25, -0.2) is 0 Å². The van der Waals surface area contributed by atoms with Crippen molar-refractivity contribution >= 4 is 33.2 Å². The molecule has 2 rings (SSSR count). The minimum Gasteiger partial charge on any atom is -0.485 e. The maximum Gasteiger partial charge on any atom is 0.273 e. The van der Waals surface area contributed by atoms with E-state index in [-0.39, 0.29) is 18.0 Å². The molecule has 0 amide bonds. The molecule has 6 nitrogen and oxygen atoms in total. The molecule has 2 aromatic rings. The van der Waals surface area contributed by atoms with Crippen LogP contribution in [0.15, 0.2) is 22.7 Å². The highest BCUT2D eigenvalue weighted by Crippen LogP contribution is 2.30. The zero-order chi connectivity index (χ0) is 14.9. The third-order valence-corrected chi connectivity index (χ3v) is 4.10. The van der Waals surface area contributed by atoms with Gasteiger partial charge in [0, 0.05) is 13.1 Å². The number of nitro benzene ring substituents is 1. The van der Waals surface area contributed by atoms with E-state index in [1.165, 1.54) is 18.2 Å². The second-order valence-electron chi connectivity index (χ2n) is 4.13. The van der Waals surface area contributed by atoms with E-state index in [1.807, 2.05) is 6.92 Å². The van der Waals surface area contributed by atoms with Crippen LogP contribution in [0.4, 0.5) is 5.69 Å². The van der Waals surface area contributed by atoms with Gasteiger partial charge in [-0.1, -0.05) is 11.6 Å². The summed E-state index contributed by atoms with van der Waals surface area (Å²) in [7, 11) is 1.80. The van der Waals surface area contributed by atoms with Gasteiger partial charge >= 0.3 is 0 Å². The molecule has 0 N–H and O–H groups in total. The average molecular weight is 361 g/mol. The number of nitrogens with zero attached hydrogens (tertiary/aromatic N) is 3. The Hall–Kier alpha value is -1.60. The normalized spacial score (nSPS) is 10.6. The van der Waals surface area contributed by atoms with E-state index < -0.39 is 4.92 Å². The first-order chi connectivity index (χ1) is 9.40. The van der Waals surface area contributed by atoms with Crippen LogP contribution in [0.3, 0.4) is 0 Å². The molecule has 0 saturated carbocycles. The summed E-state index contributed by atoms with van der Waals surface area (Å²) in [5.74, 6) is 0.270. The van der Waals surface area contributed by atoms with Gasteiger partial charge in [-0.05, 0) is 28.9 Å². The van der Waals surface area contributed by atoms with Crippen molar-refractivity contribution < 1.29 is 9.66 Å². The Kier molecular flexibility index (Phi) is 4.29. The Bertz CT molecular complexity index is 672. The lowest BCUT2D eigenvalue weighted by Crippen LogP contribution is -2.04. The van der Waals surface area contributed by atoms with Gasteiger partial charge in [-0.3, -0.25) is 14.8 Å². The van der Waals surface area contributed by atoms with Crippen molar-refractivity contribution in [1.82, 2.24) is 9.78 Å². The Morgan fingerprint density at radius 2 is 2.25 bits per heavy atom. The molecule has 1 aromatic carbocycles. The van der Waals surface area contributed by atoms with Crippen molar-refractivity contribution in [2.45, 2.75) is 13.5 Å². The second kappa shape index (κ2) is 5.80. The maximum atomic E-state index is 10.7. The Labute approximate surface area is 128 Å². The van der Waals surface area contributed by atoms with Crippen molar-refractivity contribution in [2.75, 3.05) is 0 Å². The van der Waals surface area contributed by atoms with Gasteiger partial charge in [0.15, 0.2) is 0 Å². The number of ether oxygens (including phenoxy) is 1. The quantitative estimate of drug-likeness (QED) is 0.616. The summed E-state index contributed by atoms with van der Waals surface area (Å²) in [6.07, 6.45) is 0. The Balaban J connectivity index is 2.22. The number of hydrogen-bond donors (Lipinski definition) is 0. The standard InChI is InChI=1S/C12H11BrClN3O3/c1-7-12(13)10(16(2)15-7)6-20-11-5-8(17(18)19)3-4-9(11)14/h3-5H,6H2,1-2H3. The van der Waals surface area contributed by atoms with E-state index in [4.69, 9.17) is 16.3 Å².